The number of likely N-dealkylation sites (tertiary alicyclic amines) is 1. The number of aromatic hydroxyl groups is 1. The van der Waals surface area contributed by atoms with Crippen LogP contribution >= 0.6 is 0 Å². The second-order valence-corrected chi connectivity index (χ2v) is 5.41. The third kappa shape index (κ3) is 4.03. The van der Waals surface area contributed by atoms with Crippen molar-refractivity contribution in [2.24, 2.45) is 0 Å². The van der Waals surface area contributed by atoms with Gasteiger partial charge in [-0.1, -0.05) is 0 Å². The molecule has 2 rings (SSSR count). The molecule has 1 aromatic carbocycles. The van der Waals surface area contributed by atoms with Crippen LogP contribution in [0.25, 0.3) is 0 Å². The SMILES string of the molecule is CCOc1cc(CCC(=O)N2CCCCC2)cc(N)c1O. The molecule has 0 radical (unpaired) electrons. The van der Waals surface area contributed by atoms with Crippen LogP contribution in [0.5, 0.6) is 11.5 Å². The maximum absolute atomic E-state index is 12.1. The Kier molecular flexibility index (Phi) is 5.31. The van der Waals surface area contributed by atoms with Gasteiger partial charge < -0.3 is 20.5 Å². The first kappa shape index (κ1) is 15.5. The topological polar surface area (TPSA) is 75.8 Å². The molecule has 0 unspecified atom stereocenters. The number of nitrogens with zero attached hydrogens (tertiary/aromatic N) is 1. The Bertz CT molecular complexity index is 497. The number of hydrogen-bond acceptors (Lipinski definition) is 4. The molecule has 1 heterocycles. The highest BCUT2D eigenvalue weighted by Gasteiger charge is 2.17. The van der Waals surface area contributed by atoms with Crippen LogP contribution in [0.4, 0.5) is 5.69 Å². The molecule has 0 bridgehead atoms. The minimum Gasteiger partial charge on any atom is -0.503 e. The van der Waals surface area contributed by atoms with E-state index in [0.717, 1.165) is 31.5 Å². The molecule has 0 atom stereocenters. The van der Waals surface area contributed by atoms with E-state index in [-0.39, 0.29) is 11.7 Å². The Balaban J connectivity index is 1.97. The van der Waals surface area contributed by atoms with Gasteiger partial charge in [0, 0.05) is 19.5 Å². The maximum atomic E-state index is 12.1. The molecular weight excluding hydrogens is 268 g/mol. The number of nitrogens with two attached hydrogens (primary N) is 1. The summed E-state index contributed by atoms with van der Waals surface area (Å²) in [5.41, 5.74) is 6.98. The van der Waals surface area contributed by atoms with E-state index in [0.29, 0.717) is 30.9 Å². The molecule has 1 aliphatic heterocycles. The summed E-state index contributed by atoms with van der Waals surface area (Å²) < 4.78 is 5.36. The molecule has 1 saturated heterocycles. The summed E-state index contributed by atoms with van der Waals surface area (Å²) in [6.45, 7) is 4.06. The maximum Gasteiger partial charge on any atom is 0.222 e. The summed E-state index contributed by atoms with van der Waals surface area (Å²) in [5, 5.41) is 9.81. The van der Waals surface area contributed by atoms with Gasteiger partial charge in [0.05, 0.1) is 12.3 Å². The number of phenols is 1. The third-order valence-electron chi connectivity index (χ3n) is 3.80. The zero-order chi connectivity index (χ0) is 15.2. The lowest BCUT2D eigenvalue weighted by Gasteiger charge is -2.26. The van der Waals surface area contributed by atoms with Crippen molar-refractivity contribution in [2.45, 2.75) is 39.0 Å². The summed E-state index contributed by atoms with van der Waals surface area (Å²) in [6.07, 6.45) is 4.50. The Morgan fingerprint density at radius 1 is 1.33 bits per heavy atom. The summed E-state index contributed by atoms with van der Waals surface area (Å²) in [7, 11) is 0. The highest BCUT2D eigenvalue weighted by molar-refractivity contribution is 5.76. The molecule has 1 amide bonds. The number of piperidine rings is 1. The third-order valence-corrected chi connectivity index (χ3v) is 3.80. The number of ether oxygens (including phenoxy) is 1. The quantitative estimate of drug-likeness (QED) is 0.645. The van der Waals surface area contributed by atoms with Crippen LogP contribution in [0.15, 0.2) is 12.1 Å². The van der Waals surface area contributed by atoms with Crippen LogP contribution in [0.3, 0.4) is 0 Å². The van der Waals surface area contributed by atoms with E-state index in [1.165, 1.54) is 6.42 Å². The van der Waals surface area contributed by atoms with E-state index < -0.39 is 0 Å². The predicted octanol–water partition coefficient (Wildman–Crippen LogP) is 2.32. The van der Waals surface area contributed by atoms with E-state index in [1.54, 1.807) is 12.1 Å². The Morgan fingerprint density at radius 2 is 2.05 bits per heavy atom. The van der Waals surface area contributed by atoms with Gasteiger partial charge in [0.25, 0.3) is 0 Å². The first-order chi connectivity index (χ1) is 10.1. The predicted molar refractivity (Wildman–Crippen MR) is 82.4 cm³/mol. The fraction of sp³-hybridized carbons (Fsp3) is 0.562. The smallest absolute Gasteiger partial charge is 0.222 e. The standard InChI is InChI=1S/C16H24N2O3/c1-2-21-14-11-12(10-13(17)16(14)20)6-7-15(19)18-8-4-3-5-9-18/h10-11,20H,2-9,17H2,1H3. The van der Waals surface area contributed by atoms with Crippen molar-refractivity contribution in [2.75, 3.05) is 25.4 Å². The van der Waals surface area contributed by atoms with Crippen LogP contribution in [0.1, 0.15) is 38.2 Å². The molecule has 3 N–H and O–H groups in total. The number of anilines is 1. The highest BCUT2D eigenvalue weighted by atomic mass is 16.5. The van der Waals surface area contributed by atoms with Gasteiger partial charge in [-0.3, -0.25) is 4.79 Å². The average molecular weight is 292 g/mol. The first-order valence-electron chi connectivity index (χ1n) is 7.63. The molecule has 1 aromatic rings. The minimum atomic E-state index is -0.0250. The van der Waals surface area contributed by atoms with Gasteiger partial charge in [0.1, 0.15) is 0 Å². The summed E-state index contributed by atoms with van der Waals surface area (Å²) in [6, 6.07) is 3.47. The number of amides is 1. The molecule has 0 aliphatic carbocycles. The van der Waals surface area contributed by atoms with Crippen LogP contribution < -0.4 is 10.5 Å². The Labute approximate surface area is 125 Å². The van der Waals surface area contributed by atoms with Crippen molar-refractivity contribution in [3.8, 4) is 11.5 Å². The summed E-state index contributed by atoms with van der Waals surface area (Å²) >= 11 is 0. The second kappa shape index (κ2) is 7.20. The van der Waals surface area contributed by atoms with Crippen molar-refractivity contribution in [3.63, 3.8) is 0 Å². The Morgan fingerprint density at radius 3 is 2.71 bits per heavy atom. The molecule has 1 aliphatic rings. The van der Waals surface area contributed by atoms with Crippen molar-refractivity contribution in [3.05, 3.63) is 17.7 Å². The van der Waals surface area contributed by atoms with Crippen molar-refractivity contribution in [1.29, 1.82) is 0 Å². The largest absolute Gasteiger partial charge is 0.503 e. The van der Waals surface area contributed by atoms with Gasteiger partial charge in [-0.2, -0.15) is 0 Å². The molecule has 0 saturated carbocycles. The van der Waals surface area contributed by atoms with E-state index in [2.05, 4.69) is 0 Å². The molecule has 0 spiro atoms. The van der Waals surface area contributed by atoms with Gasteiger partial charge in [-0.05, 0) is 50.3 Å². The normalized spacial score (nSPS) is 15.0. The molecule has 116 valence electrons. The summed E-state index contributed by atoms with van der Waals surface area (Å²) in [4.78, 5) is 14.1. The number of benzene rings is 1. The van der Waals surface area contributed by atoms with Gasteiger partial charge in [0.15, 0.2) is 11.5 Å². The summed E-state index contributed by atoms with van der Waals surface area (Å²) in [5.74, 6) is 0.556. The lowest BCUT2D eigenvalue weighted by molar-refractivity contribution is -0.132. The lowest BCUT2D eigenvalue weighted by Crippen LogP contribution is -2.35. The second-order valence-electron chi connectivity index (χ2n) is 5.41. The van der Waals surface area contributed by atoms with Gasteiger partial charge >= 0.3 is 0 Å². The number of rotatable bonds is 5. The van der Waals surface area contributed by atoms with E-state index in [1.807, 2.05) is 11.8 Å². The molecule has 5 heteroatoms. The zero-order valence-electron chi connectivity index (χ0n) is 12.6. The van der Waals surface area contributed by atoms with Crippen LogP contribution in [0, 0.1) is 0 Å². The lowest BCUT2D eigenvalue weighted by atomic mass is 10.1. The fourth-order valence-corrected chi connectivity index (χ4v) is 2.65. The fourth-order valence-electron chi connectivity index (χ4n) is 2.65. The molecule has 0 aromatic heterocycles. The molecule has 5 nitrogen and oxygen atoms in total. The van der Waals surface area contributed by atoms with Gasteiger partial charge in [-0.25, -0.2) is 0 Å². The van der Waals surface area contributed by atoms with Gasteiger partial charge in [0.2, 0.25) is 5.91 Å². The average Bonchev–Trinajstić information content (AvgIpc) is 2.50. The monoisotopic (exact) mass is 292 g/mol. The van der Waals surface area contributed by atoms with Crippen LogP contribution in [-0.4, -0.2) is 35.6 Å². The van der Waals surface area contributed by atoms with Crippen LogP contribution in [0.2, 0.25) is 0 Å². The molecular formula is C16H24N2O3. The molecule has 21 heavy (non-hydrogen) atoms. The number of nitrogen functional groups attached to an aromatic ring is 1. The molecule has 1 fully saturated rings. The van der Waals surface area contributed by atoms with E-state index in [4.69, 9.17) is 10.5 Å². The number of phenolic OH excluding ortho intramolecular Hbond substituents is 1. The van der Waals surface area contributed by atoms with Crippen LogP contribution in [-0.2, 0) is 11.2 Å². The number of carbonyl (C=O) groups excluding carboxylic acids is 1. The number of carbonyl (C=O) groups is 1. The van der Waals surface area contributed by atoms with Gasteiger partial charge in [-0.15, -0.1) is 0 Å². The van der Waals surface area contributed by atoms with Crippen molar-refractivity contribution in [1.82, 2.24) is 4.90 Å². The highest BCUT2D eigenvalue weighted by Crippen LogP contribution is 2.34. The van der Waals surface area contributed by atoms with E-state index >= 15 is 0 Å². The number of hydrogen-bond donors (Lipinski definition) is 2. The minimum absolute atomic E-state index is 0.0250. The Hall–Kier alpha value is -1.91. The number of aryl methyl sites for hydroxylation is 1. The van der Waals surface area contributed by atoms with Crippen molar-refractivity contribution >= 4 is 11.6 Å². The first-order valence-corrected chi connectivity index (χ1v) is 7.63. The van der Waals surface area contributed by atoms with E-state index in [9.17, 15) is 9.90 Å². The van der Waals surface area contributed by atoms with Crippen molar-refractivity contribution < 1.29 is 14.6 Å². The zero-order valence-corrected chi connectivity index (χ0v) is 12.6.